The molecular weight excluding hydrogens is 236 g/mol. The Bertz CT molecular complexity index is 514. The fraction of sp³-hybridized carbons (Fsp3) is 0.562. The van der Waals surface area contributed by atoms with Crippen molar-refractivity contribution >= 4 is 0 Å². The second kappa shape index (κ2) is 4.63. The summed E-state index contributed by atoms with van der Waals surface area (Å²) in [7, 11) is 0. The summed E-state index contributed by atoms with van der Waals surface area (Å²) in [5, 5.41) is 24.2. The van der Waals surface area contributed by atoms with Gasteiger partial charge < -0.3 is 10.4 Å². The summed E-state index contributed by atoms with van der Waals surface area (Å²) in [4.78, 5) is 0. The zero-order chi connectivity index (χ0) is 13.3. The van der Waals surface area contributed by atoms with E-state index in [1.54, 1.807) is 0 Å². The number of nitriles is 1. The average Bonchev–Trinajstić information content (AvgIpc) is 2.47. The monoisotopic (exact) mass is 256 g/mol. The highest BCUT2D eigenvalue weighted by atomic mass is 16.3. The molecule has 1 fully saturated rings. The van der Waals surface area contributed by atoms with E-state index in [1.807, 2.05) is 18.2 Å². The van der Waals surface area contributed by atoms with Crippen LogP contribution in [0.2, 0.25) is 0 Å². The van der Waals surface area contributed by atoms with Crippen LogP contribution in [0.3, 0.4) is 0 Å². The maximum absolute atomic E-state index is 11.1. The Hall–Kier alpha value is -1.37. The lowest BCUT2D eigenvalue weighted by Crippen LogP contribution is -2.60. The van der Waals surface area contributed by atoms with Gasteiger partial charge in [0.05, 0.1) is 11.7 Å². The summed E-state index contributed by atoms with van der Waals surface area (Å²) < 4.78 is 0. The van der Waals surface area contributed by atoms with Crippen LogP contribution in [-0.2, 0) is 11.8 Å². The SMILES string of the molecule is N#CC1(C2(O)CCCNC2)CCCc2ccccc21. The molecule has 0 spiro atoms. The molecule has 0 amide bonds. The zero-order valence-corrected chi connectivity index (χ0v) is 11.2. The summed E-state index contributed by atoms with van der Waals surface area (Å²) >= 11 is 0. The molecule has 1 heterocycles. The summed E-state index contributed by atoms with van der Waals surface area (Å²) in [5.74, 6) is 0. The molecule has 3 heteroatoms. The highest BCUT2D eigenvalue weighted by Crippen LogP contribution is 2.47. The quantitative estimate of drug-likeness (QED) is 0.807. The van der Waals surface area contributed by atoms with E-state index >= 15 is 0 Å². The van der Waals surface area contributed by atoms with Gasteiger partial charge in [-0.1, -0.05) is 24.3 Å². The summed E-state index contributed by atoms with van der Waals surface area (Å²) in [5.41, 5.74) is 0.607. The first kappa shape index (κ1) is 12.7. The number of rotatable bonds is 1. The number of nitrogens with one attached hydrogen (secondary N) is 1. The Morgan fingerprint density at radius 3 is 2.79 bits per heavy atom. The number of piperidine rings is 1. The molecule has 1 aromatic rings. The van der Waals surface area contributed by atoms with Gasteiger partial charge in [0.2, 0.25) is 0 Å². The fourth-order valence-corrected chi connectivity index (χ4v) is 3.79. The van der Waals surface area contributed by atoms with E-state index in [9.17, 15) is 10.4 Å². The number of β-amino-alcohol motifs (C(OH)–C–C–N with tert-alkyl or cyclic N) is 1. The lowest BCUT2D eigenvalue weighted by Gasteiger charge is -2.48. The van der Waals surface area contributed by atoms with Gasteiger partial charge in [0.25, 0.3) is 0 Å². The van der Waals surface area contributed by atoms with Crippen LogP contribution in [0.15, 0.2) is 24.3 Å². The topological polar surface area (TPSA) is 56.0 Å². The number of hydrogen-bond donors (Lipinski definition) is 2. The van der Waals surface area contributed by atoms with Crippen molar-refractivity contribution in [3.8, 4) is 6.07 Å². The van der Waals surface area contributed by atoms with E-state index in [0.29, 0.717) is 13.0 Å². The van der Waals surface area contributed by atoms with Crippen LogP contribution in [-0.4, -0.2) is 23.8 Å². The van der Waals surface area contributed by atoms with Crippen molar-refractivity contribution < 1.29 is 5.11 Å². The molecule has 2 unspecified atom stereocenters. The molecule has 19 heavy (non-hydrogen) atoms. The van der Waals surface area contributed by atoms with Crippen molar-refractivity contribution in [2.45, 2.75) is 43.1 Å². The van der Waals surface area contributed by atoms with Crippen LogP contribution in [0.5, 0.6) is 0 Å². The Morgan fingerprint density at radius 1 is 1.21 bits per heavy atom. The highest BCUT2D eigenvalue weighted by molar-refractivity contribution is 5.45. The van der Waals surface area contributed by atoms with Gasteiger partial charge >= 0.3 is 0 Å². The normalized spacial score (nSPS) is 34.3. The first-order valence-electron chi connectivity index (χ1n) is 7.15. The highest BCUT2D eigenvalue weighted by Gasteiger charge is 2.53. The van der Waals surface area contributed by atoms with Crippen molar-refractivity contribution in [3.63, 3.8) is 0 Å². The standard InChI is InChI=1S/C16H20N2O/c17-11-15(16(19)9-4-10-18-12-16)8-3-6-13-5-1-2-7-14(13)15/h1-2,5,7,18-19H,3-4,6,8-10,12H2. The predicted octanol–water partition coefficient (Wildman–Crippen LogP) is 1.90. The molecule has 2 N–H and O–H groups in total. The molecule has 3 rings (SSSR count). The molecule has 0 bridgehead atoms. The lowest BCUT2D eigenvalue weighted by atomic mass is 9.59. The van der Waals surface area contributed by atoms with Crippen molar-refractivity contribution in [1.29, 1.82) is 5.26 Å². The van der Waals surface area contributed by atoms with Crippen LogP contribution in [0, 0.1) is 11.3 Å². The van der Waals surface area contributed by atoms with Crippen LogP contribution in [0.25, 0.3) is 0 Å². The number of nitrogens with zero attached hydrogens (tertiary/aromatic N) is 1. The van der Waals surface area contributed by atoms with Crippen molar-refractivity contribution in [1.82, 2.24) is 5.32 Å². The number of hydrogen-bond acceptors (Lipinski definition) is 3. The van der Waals surface area contributed by atoms with Gasteiger partial charge in [-0.05, 0) is 49.8 Å². The molecule has 0 radical (unpaired) electrons. The second-order valence-corrected chi connectivity index (χ2v) is 5.84. The largest absolute Gasteiger partial charge is 0.387 e. The number of aryl methyl sites for hydroxylation is 1. The Kier molecular flexibility index (Phi) is 3.08. The fourth-order valence-electron chi connectivity index (χ4n) is 3.79. The Labute approximate surface area is 114 Å². The molecule has 3 nitrogen and oxygen atoms in total. The number of benzene rings is 1. The summed E-state index contributed by atoms with van der Waals surface area (Å²) in [6, 6.07) is 10.6. The Balaban J connectivity index is 2.12. The minimum atomic E-state index is -0.934. The van der Waals surface area contributed by atoms with E-state index < -0.39 is 11.0 Å². The third-order valence-electron chi connectivity index (χ3n) is 4.82. The zero-order valence-electron chi connectivity index (χ0n) is 11.2. The molecule has 2 atom stereocenters. The summed E-state index contributed by atoms with van der Waals surface area (Å²) in [6.07, 6.45) is 4.40. The van der Waals surface area contributed by atoms with Crippen LogP contribution in [0.4, 0.5) is 0 Å². The lowest BCUT2D eigenvalue weighted by molar-refractivity contribution is -0.0424. The minimum absolute atomic E-state index is 0.523. The minimum Gasteiger partial charge on any atom is -0.387 e. The van der Waals surface area contributed by atoms with Gasteiger partial charge in [-0.25, -0.2) is 0 Å². The molecule has 1 saturated heterocycles. The Morgan fingerprint density at radius 2 is 2.05 bits per heavy atom. The number of fused-ring (bicyclic) bond motifs is 1. The van der Waals surface area contributed by atoms with E-state index in [4.69, 9.17) is 0 Å². The third-order valence-corrected chi connectivity index (χ3v) is 4.82. The molecular formula is C16H20N2O. The number of aliphatic hydroxyl groups is 1. The maximum atomic E-state index is 11.1. The van der Waals surface area contributed by atoms with E-state index in [1.165, 1.54) is 5.56 Å². The molecule has 2 aliphatic rings. The van der Waals surface area contributed by atoms with Crippen LogP contribution < -0.4 is 5.32 Å². The molecule has 1 aromatic carbocycles. The second-order valence-electron chi connectivity index (χ2n) is 5.84. The van der Waals surface area contributed by atoms with E-state index in [0.717, 1.165) is 37.8 Å². The van der Waals surface area contributed by atoms with Crippen molar-refractivity contribution in [2.75, 3.05) is 13.1 Å². The first-order valence-corrected chi connectivity index (χ1v) is 7.15. The van der Waals surface area contributed by atoms with Gasteiger partial charge in [-0.2, -0.15) is 5.26 Å². The van der Waals surface area contributed by atoms with Crippen LogP contribution >= 0.6 is 0 Å². The van der Waals surface area contributed by atoms with Gasteiger partial charge in [-0.3, -0.25) is 0 Å². The smallest absolute Gasteiger partial charge is 0.112 e. The predicted molar refractivity (Wildman–Crippen MR) is 73.7 cm³/mol. The van der Waals surface area contributed by atoms with Gasteiger partial charge in [0.15, 0.2) is 0 Å². The van der Waals surface area contributed by atoms with Gasteiger partial charge in [0.1, 0.15) is 5.41 Å². The molecule has 0 aromatic heterocycles. The molecule has 0 saturated carbocycles. The van der Waals surface area contributed by atoms with Gasteiger partial charge in [-0.15, -0.1) is 0 Å². The van der Waals surface area contributed by atoms with Crippen molar-refractivity contribution in [3.05, 3.63) is 35.4 Å². The average molecular weight is 256 g/mol. The molecule has 1 aliphatic carbocycles. The molecule has 1 aliphatic heterocycles. The summed E-state index contributed by atoms with van der Waals surface area (Å²) in [6.45, 7) is 1.46. The molecule has 100 valence electrons. The van der Waals surface area contributed by atoms with Crippen molar-refractivity contribution in [2.24, 2.45) is 0 Å². The van der Waals surface area contributed by atoms with E-state index in [-0.39, 0.29) is 0 Å². The first-order chi connectivity index (χ1) is 9.22. The third kappa shape index (κ3) is 1.79. The maximum Gasteiger partial charge on any atom is 0.112 e. The van der Waals surface area contributed by atoms with E-state index in [2.05, 4.69) is 17.5 Å². The van der Waals surface area contributed by atoms with Gasteiger partial charge in [0, 0.05) is 6.54 Å². The van der Waals surface area contributed by atoms with Crippen LogP contribution in [0.1, 0.15) is 36.8 Å².